The van der Waals surface area contributed by atoms with Gasteiger partial charge in [-0.2, -0.15) is 0 Å². The molecule has 0 aromatic heterocycles. The Hall–Kier alpha value is -3.60. The van der Waals surface area contributed by atoms with Gasteiger partial charge in [-0.15, -0.1) is 0 Å². The summed E-state index contributed by atoms with van der Waals surface area (Å²) >= 11 is 0. The molecule has 5 heteroatoms. The van der Waals surface area contributed by atoms with Crippen molar-refractivity contribution in [3.05, 3.63) is 102 Å². The summed E-state index contributed by atoms with van der Waals surface area (Å²) in [5.74, 6) is 0.0541. The first kappa shape index (κ1) is 20.1. The first-order valence-corrected chi connectivity index (χ1v) is 9.64. The summed E-state index contributed by atoms with van der Waals surface area (Å²) in [6.45, 7) is 0.538. The molecule has 0 aliphatic rings. The van der Waals surface area contributed by atoms with Crippen LogP contribution in [0.3, 0.4) is 0 Å². The van der Waals surface area contributed by atoms with Crippen LogP contribution in [0.4, 0.5) is 10.5 Å². The quantitative estimate of drug-likeness (QED) is 0.563. The normalized spacial score (nSPS) is 10.4. The van der Waals surface area contributed by atoms with Crippen LogP contribution in [0.5, 0.6) is 0 Å². The van der Waals surface area contributed by atoms with Crippen molar-refractivity contribution in [2.45, 2.75) is 12.3 Å². The Labute approximate surface area is 171 Å². The Balaban J connectivity index is 1.57. The van der Waals surface area contributed by atoms with Crippen LogP contribution in [0.15, 0.2) is 84.9 Å². The van der Waals surface area contributed by atoms with E-state index in [0.717, 1.165) is 6.42 Å². The third-order valence-corrected chi connectivity index (χ3v) is 4.75. The first-order chi connectivity index (χ1) is 14.2. The summed E-state index contributed by atoms with van der Waals surface area (Å²) < 4.78 is 0. The number of benzene rings is 3. The lowest BCUT2D eigenvalue weighted by Gasteiger charge is -2.18. The maximum atomic E-state index is 12.2. The lowest BCUT2D eigenvalue weighted by Crippen LogP contribution is -2.30. The largest absolute Gasteiger partial charge is 0.355 e. The van der Waals surface area contributed by atoms with Gasteiger partial charge >= 0.3 is 6.03 Å². The van der Waals surface area contributed by atoms with Gasteiger partial charge in [0.1, 0.15) is 0 Å². The fourth-order valence-corrected chi connectivity index (χ4v) is 3.25. The molecular formula is C24H25N3O2. The summed E-state index contributed by atoms with van der Waals surface area (Å²) in [6, 6.07) is 27.1. The van der Waals surface area contributed by atoms with Crippen molar-refractivity contribution < 1.29 is 9.59 Å². The van der Waals surface area contributed by atoms with Crippen LogP contribution in [0, 0.1) is 0 Å². The SMILES string of the molecule is CNC(=O)c1ccc(NC(=O)NCCC(c2ccccc2)c2ccccc2)cc1. The highest BCUT2D eigenvalue weighted by molar-refractivity contribution is 5.95. The molecule has 3 aromatic carbocycles. The molecule has 0 atom stereocenters. The Bertz CT molecular complexity index is 886. The van der Waals surface area contributed by atoms with E-state index in [-0.39, 0.29) is 17.9 Å². The lowest BCUT2D eigenvalue weighted by atomic mass is 9.88. The zero-order chi connectivity index (χ0) is 20.5. The number of hydrogen-bond donors (Lipinski definition) is 3. The van der Waals surface area contributed by atoms with E-state index in [9.17, 15) is 9.59 Å². The number of hydrogen-bond acceptors (Lipinski definition) is 2. The van der Waals surface area contributed by atoms with E-state index in [2.05, 4.69) is 40.2 Å². The van der Waals surface area contributed by atoms with Crippen molar-refractivity contribution in [3.8, 4) is 0 Å². The van der Waals surface area contributed by atoms with E-state index in [1.54, 1.807) is 31.3 Å². The molecule has 0 bridgehead atoms. The van der Waals surface area contributed by atoms with Gasteiger partial charge in [-0.3, -0.25) is 4.79 Å². The highest BCUT2D eigenvalue weighted by atomic mass is 16.2. The highest BCUT2D eigenvalue weighted by Gasteiger charge is 2.14. The van der Waals surface area contributed by atoms with E-state index >= 15 is 0 Å². The second-order valence-electron chi connectivity index (χ2n) is 6.70. The Morgan fingerprint density at radius 3 is 1.86 bits per heavy atom. The van der Waals surface area contributed by atoms with Crippen LogP contribution in [0.1, 0.15) is 33.8 Å². The monoisotopic (exact) mass is 387 g/mol. The molecule has 0 radical (unpaired) electrons. The third-order valence-electron chi connectivity index (χ3n) is 4.75. The van der Waals surface area contributed by atoms with Crippen LogP contribution in [0.2, 0.25) is 0 Å². The molecular weight excluding hydrogens is 362 g/mol. The molecule has 3 rings (SSSR count). The van der Waals surface area contributed by atoms with E-state index in [1.165, 1.54) is 11.1 Å². The van der Waals surface area contributed by atoms with Crippen LogP contribution < -0.4 is 16.0 Å². The maximum absolute atomic E-state index is 12.2. The average molecular weight is 387 g/mol. The minimum absolute atomic E-state index is 0.158. The minimum Gasteiger partial charge on any atom is -0.355 e. The van der Waals surface area contributed by atoms with Gasteiger partial charge in [0.2, 0.25) is 0 Å². The molecule has 0 saturated heterocycles. The number of rotatable bonds is 7. The van der Waals surface area contributed by atoms with Gasteiger partial charge in [0.15, 0.2) is 0 Å². The molecule has 3 amide bonds. The van der Waals surface area contributed by atoms with Gasteiger partial charge < -0.3 is 16.0 Å². The molecule has 0 fully saturated rings. The summed E-state index contributed by atoms with van der Waals surface area (Å²) in [4.78, 5) is 23.8. The van der Waals surface area contributed by atoms with Gasteiger partial charge in [-0.25, -0.2) is 4.79 Å². The zero-order valence-electron chi connectivity index (χ0n) is 16.4. The number of carbonyl (C=O) groups is 2. The molecule has 0 aliphatic carbocycles. The molecule has 3 aromatic rings. The van der Waals surface area contributed by atoms with Crippen LogP contribution in [-0.2, 0) is 0 Å². The van der Waals surface area contributed by atoms with E-state index in [1.807, 2.05) is 36.4 Å². The molecule has 0 unspecified atom stereocenters. The van der Waals surface area contributed by atoms with Crippen molar-refractivity contribution >= 4 is 17.6 Å². The van der Waals surface area contributed by atoms with Crippen LogP contribution >= 0.6 is 0 Å². The molecule has 0 heterocycles. The van der Waals surface area contributed by atoms with Crippen molar-refractivity contribution in [2.24, 2.45) is 0 Å². The van der Waals surface area contributed by atoms with Gasteiger partial charge in [0, 0.05) is 30.8 Å². The molecule has 5 nitrogen and oxygen atoms in total. The highest BCUT2D eigenvalue weighted by Crippen LogP contribution is 2.27. The van der Waals surface area contributed by atoms with Gasteiger partial charge in [0.25, 0.3) is 5.91 Å². The number of amides is 3. The van der Waals surface area contributed by atoms with Crippen molar-refractivity contribution in [1.29, 1.82) is 0 Å². The molecule has 0 spiro atoms. The Kier molecular flexibility index (Phi) is 7.00. The molecule has 0 aliphatic heterocycles. The Morgan fingerprint density at radius 1 is 0.793 bits per heavy atom. The number of nitrogens with one attached hydrogen (secondary N) is 3. The first-order valence-electron chi connectivity index (χ1n) is 9.64. The summed E-state index contributed by atoms with van der Waals surface area (Å²) in [5, 5.41) is 8.29. The van der Waals surface area contributed by atoms with E-state index < -0.39 is 0 Å². The van der Waals surface area contributed by atoms with Crippen LogP contribution in [-0.4, -0.2) is 25.5 Å². The third kappa shape index (κ3) is 5.69. The molecule has 29 heavy (non-hydrogen) atoms. The molecule has 0 saturated carbocycles. The maximum Gasteiger partial charge on any atom is 0.319 e. The van der Waals surface area contributed by atoms with E-state index in [0.29, 0.717) is 17.8 Å². The predicted molar refractivity (Wildman–Crippen MR) is 116 cm³/mol. The Morgan fingerprint density at radius 2 is 1.34 bits per heavy atom. The minimum atomic E-state index is -0.266. The zero-order valence-corrected chi connectivity index (χ0v) is 16.4. The molecule has 3 N–H and O–H groups in total. The standard InChI is InChI=1S/C24H25N3O2/c1-25-23(28)20-12-14-21(15-13-20)27-24(29)26-17-16-22(18-8-4-2-5-9-18)19-10-6-3-7-11-19/h2-15,22H,16-17H2,1H3,(H,25,28)(H2,26,27,29). The fourth-order valence-electron chi connectivity index (χ4n) is 3.25. The molecule has 148 valence electrons. The van der Waals surface area contributed by atoms with Gasteiger partial charge in [-0.1, -0.05) is 60.7 Å². The lowest BCUT2D eigenvalue weighted by molar-refractivity contribution is 0.0963. The number of anilines is 1. The van der Waals surface area contributed by atoms with Crippen molar-refractivity contribution in [2.75, 3.05) is 18.9 Å². The second-order valence-corrected chi connectivity index (χ2v) is 6.70. The van der Waals surface area contributed by atoms with Crippen LogP contribution in [0.25, 0.3) is 0 Å². The summed E-state index contributed by atoms with van der Waals surface area (Å²) in [7, 11) is 1.58. The summed E-state index contributed by atoms with van der Waals surface area (Å²) in [5.41, 5.74) is 3.64. The smallest absolute Gasteiger partial charge is 0.319 e. The van der Waals surface area contributed by atoms with Crippen molar-refractivity contribution in [1.82, 2.24) is 10.6 Å². The number of urea groups is 1. The van der Waals surface area contributed by atoms with E-state index in [4.69, 9.17) is 0 Å². The average Bonchev–Trinajstić information content (AvgIpc) is 2.78. The number of carbonyl (C=O) groups excluding carboxylic acids is 2. The van der Waals surface area contributed by atoms with Crippen molar-refractivity contribution in [3.63, 3.8) is 0 Å². The van der Waals surface area contributed by atoms with Gasteiger partial charge in [0.05, 0.1) is 0 Å². The van der Waals surface area contributed by atoms with Gasteiger partial charge in [-0.05, 0) is 41.8 Å². The summed E-state index contributed by atoms with van der Waals surface area (Å²) in [6.07, 6.45) is 0.789. The fraction of sp³-hybridized carbons (Fsp3) is 0.167. The second kappa shape index (κ2) is 10.1. The topological polar surface area (TPSA) is 70.2 Å². The predicted octanol–water partition coefficient (Wildman–Crippen LogP) is 4.39.